The van der Waals surface area contributed by atoms with Gasteiger partial charge in [0.15, 0.2) is 0 Å². The van der Waals surface area contributed by atoms with E-state index in [1.165, 1.54) is 23.5 Å². The van der Waals surface area contributed by atoms with Gasteiger partial charge in [0.25, 0.3) is 0 Å². The zero-order valence-corrected chi connectivity index (χ0v) is 17.3. The Morgan fingerprint density at radius 3 is 2.41 bits per heavy atom. The smallest absolute Gasteiger partial charge is 0.416 e. The summed E-state index contributed by atoms with van der Waals surface area (Å²) >= 11 is 3.10. The highest BCUT2D eigenvalue weighted by molar-refractivity contribution is 7.98. The van der Waals surface area contributed by atoms with Crippen LogP contribution >= 0.6 is 23.1 Å². The molecule has 1 heterocycles. The number of aryl methyl sites for hydroxylation is 2. The number of hydrogen-bond acceptors (Lipinski definition) is 4. The first-order chi connectivity index (χ1) is 13.6. The van der Waals surface area contributed by atoms with E-state index < -0.39 is 17.7 Å². The van der Waals surface area contributed by atoms with E-state index in [9.17, 15) is 18.0 Å². The van der Waals surface area contributed by atoms with Crippen LogP contribution in [0.5, 0.6) is 0 Å². The lowest BCUT2D eigenvalue weighted by atomic mass is 10.1. The Balaban J connectivity index is 1.72. The van der Waals surface area contributed by atoms with Gasteiger partial charge in [-0.15, -0.1) is 23.1 Å². The summed E-state index contributed by atoms with van der Waals surface area (Å²) in [5, 5.41) is 9.59. The molecule has 1 aromatic heterocycles. The molecule has 0 saturated carbocycles. The van der Waals surface area contributed by atoms with Crippen LogP contribution in [-0.2, 0) is 23.1 Å². The van der Waals surface area contributed by atoms with Crippen LogP contribution in [0.1, 0.15) is 27.3 Å². The van der Waals surface area contributed by atoms with Gasteiger partial charge in [0.1, 0.15) is 5.01 Å². The first-order valence-corrected chi connectivity index (χ1v) is 10.5. The summed E-state index contributed by atoms with van der Waals surface area (Å²) in [5.74, 6) is -0.177. The van der Waals surface area contributed by atoms with Gasteiger partial charge in [0, 0.05) is 21.1 Å². The molecule has 0 spiro atoms. The molecule has 0 atom stereocenters. The van der Waals surface area contributed by atoms with Crippen molar-refractivity contribution in [1.82, 2.24) is 4.98 Å². The van der Waals surface area contributed by atoms with Gasteiger partial charge >= 0.3 is 12.1 Å². The minimum atomic E-state index is -4.35. The third-order valence-corrected chi connectivity index (χ3v) is 6.90. The summed E-state index contributed by atoms with van der Waals surface area (Å²) in [6, 6.07) is 10.7. The number of thioether (sulfide) groups is 1. The second-order valence-corrected chi connectivity index (χ2v) is 8.66. The van der Waals surface area contributed by atoms with Crippen molar-refractivity contribution in [3.8, 4) is 10.6 Å². The Morgan fingerprint density at radius 1 is 1.14 bits per heavy atom. The maximum Gasteiger partial charge on any atom is 0.416 e. The van der Waals surface area contributed by atoms with Gasteiger partial charge in [-0.25, -0.2) is 4.98 Å². The zero-order chi connectivity index (χ0) is 21.2. The zero-order valence-electron chi connectivity index (χ0n) is 15.7. The Morgan fingerprint density at radius 2 is 1.83 bits per heavy atom. The van der Waals surface area contributed by atoms with Crippen molar-refractivity contribution in [2.24, 2.45) is 0 Å². The van der Waals surface area contributed by atoms with Crippen molar-refractivity contribution in [3.05, 3.63) is 69.7 Å². The molecule has 3 nitrogen and oxygen atoms in total. The third kappa shape index (κ3) is 5.39. The number of thiazole rings is 1. The van der Waals surface area contributed by atoms with E-state index in [4.69, 9.17) is 5.11 Å². The number of carboxylic acid groups (broad SMARTS) is 1. The maximum absolute atomic E-state index is 12.7. The van der Waals surface area contributed by atoms with E-state index in [1.54, 1.807) is 11.8 Å². The van der Waals surface area contributed by atoms with Crippen molar-refractivity contribution < 1.29 is 23.1 Å². The van der Waals surface area contributed by atoms with Gasteiger partial charge in [-0.2, -0.15) is 13.2 Å². The molecule has 0 bridgehead atoms. The minimum absolute atomic E-state index is 0.00374. The molecule has 1 N–H and O–H groups in total. The fraction of sp³-hybridized carbons (Fsp3) is 0.238. The van der Waals surface area contributed by atoms with Crippen LogP contribution in [0.4, 0.5) is 13.2 Å². The number of aliphatic carboxylic acids is 1. The van der Waals surface area contributed by atoms with Crippen molar-refractivity contribution in [1.29, 1.82) is 0 Å². The molecule has 0 saturated heterocycles. The quantitative estimate of drug-likeness (QED) is 0.456. The molecule has 8 heteroatoms. The van der Waals surface area contributed by atoms with Gasteiger partial charge in [0.2, 0.25) is 0 Å². The van der Waals surface area contributed by atoms with E-state index in [2.05, 4.69) is 4.98 Å². The fourth-order valence-corrected chi connectivity index (χ4v) is 5.01. The van der Waals surface area contributed by atoms with Gasteiger partial charge in [0.05, 0.1) is 17.7 Å². The molecule has 0 fully saturated rings. The van der Waals surface area contributed by atoms with Crippen molar-refractivity contribution in [2.75, 3.05) is 0 Å². The van der Waals surface area contributed by atoms with Crippen LogP contribution in [0.25, 0.3) is 10.6 Å². The van der Waals surface area contributed by atoms with E-state index in [-0.39, 0.29) is 6.42 Å². The molecule has 0 radical (unpaired) electrons. The van der Waals surface area contributed by atoms with Crippen molar-refractivity contribution in [2.45, 2.75) is 37.1 Å². The van der Waals surface area contributed by atoms with Crippen LogP contribution in [-0.4, -0.2) is 16.1 Å². The SMILES string of the molecule is Cc1cc(CC(=O)O)ccc1SCc1sc(-c2ccc(C(F)(F)F)cc2)nc1C. The predicted octanol–water partition coefficient (Wildman–Crippen LogP) is 6.37. The normalized spacial score (nSPS) is 11.6. The molecule has 3 rings (SSSR count). The van der Waals surface area contributed by atoms with Crippen LogP contribution in [0.2, 0.25) is 0 Å². The van der Waals surface area contributed by atoms with Crippen LogP contribution in [0.3, 0.4) is 0 Å². The average Bonchev–Trinajstić information content (AvgIpc) is 3.01. The highest BCUT2D eigenvalue weighted by atomic mass is 32.2. The number of hydrogen-bond donors (Lipinski definition) is 1. The van der Waals surface area contributed by atoms with E-state index in [0.29, 0.717) is 16.3 Å². The van der Waals surface area contributed by atoms with E-state index in [0.717, 1.165) is 38.7 Å². The van der Waals surface area contributed by atoms with Crippen LogP contribution in [0, 0.1) is 13.8 Å². The number of carboxylic acids is 1. The topological polar surface area (TPSA) is 50.2 Å². The first kappa shape index (κ1) is 21.4. The number of halogens is 3. The molecule has 0 amide bonds. The molecular formula is C21H18F3NO2S2. The number of alkyl halides is 3. The molecule has 0 aliphatic carbocycles. The molecule has 2 aromatic carbocycles. The van der Waals surface area contributed by atoms with Gasteiger partial charge in [-0.1, -0.05) is 24.3 Å². The summed E-state index contributed by atoms with van der Waals surface area (Å²) in [5.41, 5.74) is 2.62. The fourth-order valence-electron chi connectivity index (χ4n) is 2.79. The average molecular weight is 438 g/mol. The highest BCUT2D eigenvalue weighted by Crippen LogP contribution is 2.35. The Labute approximate surface area is 174 Å². The predicted molar refractivity (Wildman–Crippen MR) is 109 cm³/mol. The summed E-state index contributed by atoms with van der Waals surface area (Å²) in [6.07, 6.45) is -4.35. The maximum atomic E-state index is 12.7. The molecule has 3 aromatic rings. The molecule has 0 unspecified atom stereocenters. The number of carbonyl (C=O) groups is 1. The van der Waals surface area contributed by atoms with E-state index >= 15 is 0 Å². The molecular weight excluding hydrogens is 419 g/mol. The Bertz CT molecular complexity index is 1030. The summed E-state index contributed by atoms with van der Waals surface area (Å²) in [7, 11) is 0. The minimum Gasteiger partial charge on any atom is -0.481 e. The second kappa shape index (κ2) is 8.59. The number of benzene rings is 2. The van der Waals surface area contributed by atoms with E-state index in [1.807, 2.05) is 32.0 Å². The highest BCUT2D eigenvalue weighted by Gasteiger charge is 2.30. The van der Waals surface area contributed by atoms with Gasteiger partial charge in [-0.05, 0) is 43.2 Å². The lowest BCUT2D eigenvalue weighted by Crippen LogP contribution is -2.03. The molecule has 29 heavy (non-hydrogen) atoms. The summed E-state index contributed by atoms with van der Waals surface area (Å²) in [6.45, 7) is 3.84. The number of nitrogens with zero attached hydrogens (tertiary/aromatic N) is 1. The largest absolute Gasteiger partial charge is 0.481 e. The van der Waals surface area contributed by atoms with Crippen LogP contribution in [0.15, 0.2) is 47.4 Å². The standard InChI is InChI=1S/C21H18F3NO2S2/c1-12-9-14(10-19(26)27)3-8-17(12)28-11-18-13(2)25-20(29-18)15-4-6-16(7-5-15)21(22,23)24/h3-9H,10-11H2,1-2H3,(H,26,27). The Hall–Kier alpha value is -2.32. The number of aromatic nitrogens is 1. The lowest BCUT2D eigenvalue weighted by molar-refractivity contribution is -0.138. The van der Waals surface area contributed by atoms with Gasteiger partial charge in [-0.3, -0.25) is 4.79 Å². The second-order valence-electron chi connectivity index (χ2n) is 6.56. The molecule has 0 aliphatic rings. The summed E-state index contributed by atoms with van der Waals surface area (Å²) < 4.78 is 38.2. The lowest BCUT2D eigenvalue weighted by Gasteiger charge is -2.07. The number of rotatable bonds is 6. The Kier molecular flexibility index (Phi) is 6.33. The van der Waals surface area contributed by atoms with Crippen molar-refractivity contribution in [3.63, 3.8) is 0 Å². The monoisotopic (exact) mass is 437 g/mol. The summed E-state index contributed by atoms with van der Waals surface area (Å²) in [4.78, 5) is 17.5. The molecule has 152 valence electrons. The van der Waals surface area contributed by atoms with Crippen LogP contribution < -0.4 is 0 Å². The van der Waals surface area contributed by atoms with Crippen molar-refractivity contribution >= 4 is 29.1 Å². The third-order valence-electron chi connectivity index (χ3n) is 4.31. The first-order valence-electron chi connectivity index (χ1n) is 8.71. The van der Waals surface area contributed by atoms with Gasteiger partial charge < -0.3 is 5.11 Å². The molecule has 0 aliphatic heterocycles.